The second-order valence-electron chi connectivity index (χ2n) is 9.45. The summed E-state index contributed by atoms with van der Waals surface area (Å²) >= 11 is 0. The van der Waals surface area contributed by atoms with Crippen molar-refractivity contribution in [2.24, 2.45) is 5.92 Å². The lowest BCUT2D eigenvalue weighted by molar-refractivity contribution is 0.186. The maximum Gasteiger partial charge on any atom is 0.0706 e. The Bertz CT molecular complexity index is 1250. The minimum absolute atomic E-state index is 0.411. The third-order valence-corrected chi connectivity index (χ3v) is 7.01. The largest absolute Gasteiger partial charge is 0.398 e. The summed E-state index contributed by atoms with van der Waals surface area (Å²) in [4.78, 5) is 6.91. The molecule has 1 aliphatic rings. The number of nitrogens with one attached hydrogen (secondary N) is 2. The van der Waals surface area contributed by atoms with Gasteiger partial charge in [-0.25, -0.2) is 0 Å². The minimum Gasteiger partial charge on any atom is -0.398 e. The van der Waals surface area contributed by atoms with Crippen molar-refractivity contribution < 1.29 is 0 Å². The predicted octanol–water partition coefficient (Wildman–Crippen LogP) is 6.17. The lowest BCUT2D eigenvalue weighted by Crippen LogP contribution is -2.35. The van der Waals surface area contributed by atoms with Crippen LogP contribution in [0.1, 0.15) is 47.7 Å². The molecule has 1 aromatic heterocycles. The van der Waals surface area contributed by atoms with Crippen molar-refractivity contribution in [3.05, 3.63) is 107 Å². The fourth-order valence-electron chi connectivity index (χ4n) is 5.00. The van der Waals surface area contributed by atoms with Crippen LogP contribution in [0.5, 0.6) is 0 Å². The van der Waals surface area contributed by atoms with E-state index in [1.807, 2.05) is 37.4 Å². The summed E-state index contributed by atoms with van der Waals surface area (Å²) in [6.07, 6.45) is 9.12. The van der Waals surface area contributed by atoms with Gasteiger partial charge in [0.15, 0.2) is 0 Å². The zero-order chi connectivity index (χ0) is 25.5. The fraction of sp³-hybridized carbons (Fsp3) is 0.290. The Morgan fingerprint density at radius 2 is 2.03 bits per heavy atom. The molecule has 0 saturated carbocycles. The van der Waals surface area contributed by atoms with Gasteiger partial charge in [0.25, 0.3) is 0 Å². The van der Waals surface area contributed by atoms with Gasteiger partial charge in [-0.15, -0.1) is 0 Å². The number of nitrogen functional groups attached to an aromatic ring is 1. The van der Waals surface area contributed by atoms with Crippen LogP contribution in [0.4, 0.5) is 11.4 Å². The highest BCUT2D eigenvalue weighted by molar-refractivity contribution is 6.14. The van der Waals surface area contributed by atoms with Gasteiger partial charge in [-0.05, 0) is 78.8 Å². The van der Waals surface area contributed by atoms with Crippen LogP contribution >= 0.6 is 0 Å². The van der Waals surface area contributed by atoms with Crippen LogP contribution < -0.4 is 11.1 Å². The Hall–Kier alpha value is -3.70. The number of hydrogen-bond donors (Lipinski definition) is 3. The fourth-order valence-corrected chi connectivity index (χ4v) is 5.00. The van der Waals surface area contributed by atoms with Crippen LogP contribution in [0.2, 0.25) is 0 Å². The molecule has 0 radical (unpaired) electrons. The summed E-state index contributed by atoms with van der Waals surface area (Å²) in [6.45, 7) is 9.32. The van der Waals surface area contributed by atoms with Gasteiger partial charge >= 0.3 is 0 Å². The van der Waals surface area contributed by atoms with Crippen molar-refractivity contribution in [3.8, 4) is 0 Å². The van der Waals surface area contributed by atoms with Gasteiger partial charge in [-0.1, -0.05) is 49.9 Å². The second kappa shape index (κ2) is 11.8. The van der Waals surface area contributed by atoms with Crippen LogP contribution in [-0.4, -0.2) is 35.7 Å². The molecule has 0 bridgehead atoms. The van der Waals surface area contributed by atoms with Crippen LogP contribution in [-0.2, 0) is 13.0 Å². The van der Waals surface area contributed by atoms with E-state index >= 15 is 0 Å². The topological polar surface area (TPSA) is 78.0 Å². The van der Waals surface area contributed by atoms with E-state index < -0.39 is 0 Å². The highest BCUT2D eigenvalue weighted by Crippen LogP contribution is 2.31. The summed E-state index contributed by atoms with van der Waals surface area (Å²) in [5, 5.41) is 12.2. The van der Waals surface area contributed by atoms with Gasteiger partial charge in [0, 0.05) is 54.5 Å². The molecular weight excluding hydrogens is 442 g/mol. The van der Waals surface area contributed by atoms with E-state index in [2.05, 4.69) is 65.1 Å². The third-order valence-electron chi connectivity index (χ3n) is 7.01. The number of aromatic nitrogens is 1. The number of pyridine rings is 1. The summed E-state index contributed by atoms with van der Waals surface area (Å²) in [7, 11) is 1.91. The summed E-state index contributed by atoms with van der Waals surface area (Å²) in [5.74, 6) is 0.414. The molecule has 2 aromatic carbocycles. The minimum atomic E-state index is 0.411. The molecule has 1 saturated heterocycles. The molecule has 3 aromatic rings. The van der Waals surface area contributed by atoms with E-state index in [1.165, 1.54) is 17.6 Å². The normalized spacial score (nSPS) is 16.5. The lowest BCUT2D eigenvalue weighted by atomic mass is 9.88. The zero-order valence-corrected chi connectivity index (χ0v) is 21.4. The van der Waals surface area contributed by atoms with Gasteiger partial charge in [0.2, 0.25) is 0 Å². The third kappa shape index (κ3) is 5.92. The zero-order valence-electron chi connectivity index (χ0n) is 21.4. The molecule has 0 spiro atoms. The molecule has 1 fully saturated rings. The number of likely N-dealkylation sites (tertiary alicyclic amines) is 1. The highest BCUT2D eigenvalue weighted by Gasteiger charge is 2.22. The van der Waals surface area contributed by atoms with Gasteiger partial charge in [0.05, 0.1) is 5.71 Å². The lowest BCUT2D eigenvalue weighted by Gasteiger charge is -2.33. The molecule has 2 heterocycles. The van der Waals surface area contributed by atoms with Gasteiger partial charge < -0.3 is 11.1 Å². The monoisotopic (exact) mass is 479 g/mol. The number of hydrogen-bond acceptors (Lipinski definition) is 5. The molecule has 5 heteroatoms. The van der Waals surface area contributed by atoms with Crippen molar-refractivity contribution in [1.82, 2.24) is 9.88 Å². The molecule has 5 nitrogen and oxygen atoms in total. The molecule has 0 aliphatic carbocycles. The highest BCUT2D eigenvalue weighted by atomic mass is 15.1. The van der Waals surface area contributed by atoms with Gasteiger partial charge in [-0.2, -0.15) is 0 Å². The number of piperidine rings is 1. The van der Waals surface area contributed by atoms with E-state index in [0.717, 1.165) is 60.5 Å². The number of nitrogens with two attached hydrogens (primary N) is 1. The number of aryl methyl sites for hydroxylation is 1. The average Bonchev–Trinajstić information content (AvgIpc) is 2.92. The summed E-state index contributed by atoms with van der Waals surface area (Å²) in [6, 6.07) is 18.5. The van der Waals surface area contributed by atoms with Crippen molar-refractivity contribution >= 4 is 23.2 Å². The standard InChI is InChI=1S/C31H37N5/c1-4-23(25-12-9-15-36(21-25)20-22-10-7-6-8-11-22)16-26-18-28(29(32)19-30(26)34-3)31(33)24-13-14-35-27(5-2)17-24/h4,6-8,10-11,13-14,16-19,25,33-34H,1,5,9,12,15,20-21,32H2,2-3H3/b23-16+,33-31?. The molecule has 36 heavy (non-hydrogen) atoms. The number of anilines is 2. The Kier molecular flexibility index (Phi) is 8.34. The number of nitrogens with zero attached hydrogens (tertiary/aromatic N) is 2. The Morgan fingerprint density at radius 3 is 2.75 bits per heavy atom. The molecule has 4 N–H and O–H groups in total. The van der Waals surface area contributed by atoms with Crippen LogP contribution in [0.25, 0.3) is 6.08 Å². The summed E-state index contributed by atoms with van der Waals surface area (Å²) in [5.41, 5.74) is 14.5. The SMILES string of the molecule is C=C/C(=C\c1cc(C(=N)c2ccnc(CC)c2)c(N)cc1NC)C1CCCN(Cc2ccccc2)C1. The summed E-state index contributed by atoms with van der Waals surface area (Å²) < 4.78 is 0. The van der Waals surface area contributed by atoms with E-state index in [4.69, 9.17) is 11.1 Å². The second-order valence-corrected chi connectivity index (χ2v) is 9.45. The molecule has 4 rings (SSSR count). The van der Waals surface area contributed by atoms with Crippen molar-refractivity contribution in [3.63, 3.8) is 0 Å². The molecule has 1 atom stereocenters. The molecular formula is C31H37N5. The van der Waals surface area contributed by atoms with Crippen molar-refractivity contribution in [1.29, 1.82) is 5.41 Å². The van der Waals surface area contributed by atoms with E-state index in [1.54, 1.807) is 6.20 Å². The Labute approximate surface area is 215 Å². The van der Waals surface area contributed by atoms with E-state index in [0.29, 0.717) is 17.3 Å². The molecule has 1 unspecified atom stereocenters. The molecule has 186 valence electrons. The first-order valence-corrected chi connectivity index (χ1v) is 12.8. The maximum atomic E-state index is 8.89. The first-order chi connectivity index (χ1) is 17.5. The van der Waals surface area contributed by atoms with E-state index in [9.17, 15) is 0 Å². The molecule has 0 amide bonds. The van der Waals surface area contributed by atoms with Gasteiger partial charge in [-0.3, -0.25) is 15.3 Å². The number of benzene rings is 2. The quantitative estimate of drug-likeness (QED) is 0.195. The van der Waals surface area contributed by atoms with Crippen LogP contribution in [0, 0.1) is 11.3 Å². The first-order valence-electron chi connectivity index (χ1n) is 12.8. The number of rotatable bonds is 9. The number of allylic oxidation sites excluding steroid dienone is 1. The van der Waals surface area contributed by atoms with E-state index in [-0.39, 0.29) is 0 Å². The Balaban J connectivity index is 1.62. The molecule has 1 aliphatic heterocycles. The van der Waals surface area contributed by atoms with Crippen molar-refractivity contribution in [2.45, 2.75) is 32.7 Å². The smallest absolute Gasteiger partial charge is 0.0706 e. The predicted molar refractivity (Wildman–Crippen MR) is 153 cm³/mol. The van der Waals surface area contributed by atoms with Crippen LogP contribution in [0.3, 0.4) is 0 Å². The van der Waals surface area contributed by atoms with Crippen molar-refractivity contribution in [2.75, 3.05) is 31.2 Å². The van der Waals surface area contributed by atoms with Gasteiger partial charge in [0.1, 0.15) is 0 Å². The average molecular weight is 480 g/mol. The van der Waals surface area contributed by atoms with Crippen LogP contribution in [0.15, 0.2) is 79.0 Å². The maximum absolute atomic E-state index is 8.89. The Morgan fingerprint density at radius 1 is 1.22 bits per heavy atom. The first kappa shape index (κ1) is 25.4.